The van der Waals surface area contributed by atoms with Crippen molar-refractivity contribution in [2.75, 3.05) is 5.73 Å². The van der Waals surface area contributed by atoms with Crippen molar-refractivity contribution in [2.45, 2.75) is 13.8 Å². The molecular weight excluding hydrogens is 250 g/mol. The van der Waals surface area contributed by atoms with Crippen LogP contribution in [0.2, 0.25) is 0 Å². The number of hydrogen-bond acceptors (Lipinski definition) is 5. The first-order chi connectivity index (χ1) is 8.16. The van der Waals surface area contributed by atoms with E-state index in [0.717, 1.165) is 26.8 Å². The molecule has 0 aliphatic heterocycles. The highest BCUT2D eigenvalue weighted by molar-refractivity contribution is 7.22. The van der Waals surface area contributed by atoms with Gasteiger partial charge >= 0.3 is 0 Å². The Bertz CT molecular complexity index is 677. The monoisotopic (exact) mass is 261 g/mol. The Hall–Kier alpha value is -1.46. The van der Waals surface area contributed by atoms with E-state index in [2.05, 4.69) is 34.5 Å². The normalized spacial score (nSPS) is 11.2. The van der Waals surface area contributed by atoms with Gasteiger partial charge in [-0.25, -0.2) is 4.98 Å². The fourth-order valence-electron chi connectivity index (χ4n) is 1.84. The van der Waals surface area contributed by atoms with Crippen LogP contribution in [0.1, 0.15) is 11.3 Å². The van der Waals surface area contributed by atoms with E-state index in [-0.39, 0.29) is 0 Å². The van der Waals surface area contributed by atoms with Gasteiger partial charge in [-0.2, -0.15) is 4.37 Å². The lowest BCUT2D eigenvalue weighted by atomic mass is 10.2. The minimum absolute atomic E-state index is 0.749. The van der Waals surface area contributed by atoms with E-state index < -0.39 is 0 Å². The standard InChI is InChI=1S/C12H11N3S2/c1-6-4-3-5-8-10(6)14-12(16-8)9-7(2)15-17-11(9)13/h3-5H,13H2,1-2H3. The number of fused-ring (bicyclic) bond motifs is 1. The predicted octanol–water partition coefficient (Wildman–Crippen LogP) is 3.62. The number of aryl methyl sites for hydroxylation is 2. The van der Waals surface area contributed by atoms with E-state index in [4.69, 9.17) is 5.73 Å². The van der Waals surface area contributed by atoms with Gasteiger partial charge in [-0.05, 0) is 37.0 Å². The fourth-order valence-corrected chi connectivity index (χ4v) is 3.72. The number of thiazole rings is 1. The summed E-state index contributed by atoms with van der Waals surface area (Å²) >= 11 is 3.01. The molecule has 0 bridgehead atoms. The van der Waals surface area contributed by atoms with Gasteiger partial charge in [0, 0.05) is 0 Å². The first-order valence-electron chi connectivity index (χ1n) is 5.25. The molecular formula is C12H11N3S2. The molecule has 2 N–H and O–H groups in total. The second kappa shape index (κ2) is 3.78. The first-order valence-corrected chi connectivity index (χ1v) is 6.84. The Balaban J connectivity index is 2.29. The third-order valence-electron chi connectivity index (χ3n) is 2.72. The number of nitrogen functional groups attached to an aromatic ring is 1. The van der Waals surface area contributed by atoms with Crippen LogP contribution in [0.15, 0.2) is 18.2 Å². The molecule has 0 saturated carbocycles. The number of aromatic nitrogens is 2. The number of para-hydroxylation sites is 1. The number of hydrogen-bond donors (Lipinski definition) is 1. The first kappa shape index (κ1) is 10.7. The molecule has 3 aromatic rings. The van der Waals surface area contributed by atoms with Crippen molar-refractivity contribution in [3.63, 3.8) is 0 Å². The lowest BCUT2D eigenvalue weighted by Crippen LogP contribution is -1.85. The molecule has 0 aliphatic carbocycles. The molecule has 5 heteroatoms. The zero-order chi connectivity index (χ0) is 12.0. The van der Waals surface area contributed by atoms with Crippen molar-refractivity contribution < 1.29 is 0 Å². The molecule has 0 unspecified atom stereocenters. The summed E-state index contributed by atoms with van der Waals surface area (Å²) in [5, 5.41) is 1.72. The molecule has 3 rings (SSSR count). The molecule has 86 valence electrons. The highest BCUT2D eigenvalue weighted by Gasteiger charge is 2.15. The topological polar surface area (TPSA) is 51.8 Å². The molecule has 0 atom stereocenters. The van der Waals surface area contributed by atoms with E-state index in [9.17, 15) is 0 Å². The predicted molar refractivity (Wildman–Crippen MR) is 74.6 cm³/mol. The van der Waals surface area contributed by atoms with Gasteiger partial charge in [0.2, 0.25) is 0 Å². The number of anilines is 1. The maximum Gasteiger partial charge on any atom is 0.129 e. The van der Waals surface area contributed by atoms with E-state index in [0.29, 0.717) is 0 Å². The van der Waals surface area contributed by atoms with Crippen LogP contribution in [0.5, 0.6) is 0 Å². The highest BCUT2D eigenvalue weighted by atomic mass is 32.1. The summed E-state index contributed by atoms with van der Waals surface area (Å²) in [5.74, 6) is 0. The number of benzene rings is 1. The van der Waals surface area contributed by atoms with Gasteiger partial charge in [-0.3, -0.25) is 0 Å². The Kier molecular flexibility index (Phi) is 2.38. The highest BCUT2D eigenvalue weighted by Crippen LogP contribution is 2.37. The van der Waals surface area contributed by atoms with Gasteiger partial charge in [0.15, 0.2) is 0 Å². The SMILES string of the molecule is Cc1nsc(N)c1-c1nc2c(C)cccc2s1. The van der Waals surface area contributed by atoms with E-state index in [1.165, 1.54) is 21.8 Å². The Labute approximate surface area is 107 Å². The number of nitrogens with two attached hydrogens (primary N) is 1. The second-order valence-electron chi connectivity index (χ2n) is 3.95. The van der Waals surface area contributed by atoms with Crippen LogP contribution in [0.4, 0.5) is 5.00 Å². The summed E-state index contributed by atoms with van der Waals surface area (Å²) in [4.78, 5) is 4.68. The summed E-state index contributed by atoms with van der Waals surface area (Å²) in [6, 6.07) is 6.23. The third kappa shape index (κ3) is 1.62. The molecule has 0 saturated heterocycles. The fraction of sp³-hybridized carbons (Fsp3) is 0.167. The summed E-state index contributed by atoms with van der Waals surface area (Å²) in [7, 11) is 0. The molecule has 0 radical (unpaired) electrons. The third-order valence-corrected chi connectivity index (χ3v) is 4.53. The lowest BCUT2D eigenvalue weighted by molar-refractivity contribution is 1.33. The van der Waals surface area contributed by atoms with Crippen molar-refractivity contribution in [3.8, 4) is 10.6 Å². The van der Waals surface area contributed by atoms with Crippen LogP contribution in [-0.2, 0) is 0 Å². The van der Waals surface area contributed by atoms with Crippen LogP contribution >= 0.6 is 22.9 Å². The Morgan fingerprint density at radius 1 is 1.24 bits per heavy atom. The van der Waals surface area contributed by atoms with Crippen molar-refractivity contribution in [1.29, 1.82) is 0 Å². The van der Waals surface area contributed by atoms with Gasteiger partial charge in [0.05, 0.1) is 21.5 Å². The van der Waals surface area contributed by atoms with Crippen molar-refractivity contribution in [1.82, 2.24) is 9.36 Å². The van der Waals surface area contributed by atoms with Gasteiger partial charge in [0.25, 0.3) is 0 Å². The molecule has 3 nitrogen and oxygen atoms in total. The summed E-state index contributed by atoms with van der Waals surface area (Å²) in [6.07, 6.45) is 0. The second-order valence-corrected chi connectivity index (χ2v) is 5.78. The average molecular weight is 261 g/mol. The Morgan fingerprint density at radius 3 is 2.71 bits per heavy atom. The maximum absolute atomic E-state index is 5.96. The van der Waals surface area contributed by atoms with Gasteiger partial charge in [-0.15, -0.1) is 11.3 Å². The quantitative estimate of drug-likeness (QED) is 0.728. The zero-order valence-electron chi connectivity index (χ0n) is 9.52. The molecule has 0 fully saturated rings. The largest absolute Gasteiger partial charge is 0.389 e. The zero-order valence-corrected chi connectivity index (χ0v) is 11.2. The minimum atomic E-state index is 0.749. The molecule has 0 aliphatic rings. The van der Waals surface area contributed by atoms with Crippen molar-refractivity contribution >= 4 is 38.1 Å². The van der Waals surface area contributed by atoms with Gasteiger partial charge < -0.3 is 5.73 Å². The van der Waals surface area contributed by atoms with Crippen LogP contribution < -0.4 is 5.73 Å². The van der Waals surface area contributed by atoms with Crippen molar-refractivity contribution in [3.05, 3.63) is 29.5 Å². The minimum Gasteiger partial charge on any atom is -0.389 e. The number of nitrogens with zero attached hydrogens (tertiary/aromatic N) is 2. The number of rotatable bonds is 1. The smallest absolute Gasteiger partial charge is 0.129 e. The summed E-state index contributed by atoms with van der Waals surface area (Å²) in [6.45, 7) is 4.05. The summed E-state index contributed by atoms with van der Waals surface area (Å²) < 4.78 is 5.47. The molecule has 17 heavy (non-hydrogen) atoms. The van der Waals surface area contributed by atoms with Crippen LogP contribution in [0, 0.1) is 13.8 Å². The Morgan fingerprint density at radius 2 is 2.06 bits per heavy atom. The molecule has 2 heterocycles. The van der Waals surface area contributed by atoms with Gasteiger partial charge in [0.1, 0.15) is 10.0 Å². The molecule has 0 amide bonds. The van der Waals surface area contributed by atoms with E-state index in [1.807, 2.05) is 6.92 Å². The summed E-state index contributed by atoms with van der Waals surface area (Å²) in [5.41, 5.74) is 10.2. The van der Waals surface area contributed by atoms with Crippen LogP contribution in [-0.4, -0.2) is 9.36 Å². The molecule has 1 aromatic carbocycles. The lowest BCUT2D eigenvalue weighted by Gasteiger charge is -1.93. The van der Waals surface area contributed by atoms with E-state index >= 15 is 0 Å². The molecule has 2 aromatic heterocycles. The van der Waals surface area contributed by atoms with Crippen LogP contribution in [0.25, 0.3) is 20.8 Å². The van der Waals surface area contributed by atoms with Crippen LogP contribution in [0.3, 0.4) is 0 Å². The van der Waals surface area contributed by atoms with E-state index in [1.54, 1.807) is 11.3 Å². The molecule has 0 spiro atoms. The van der Waals surface area contributed by atoms with Crippen molar-refractivity contribution in [2.24, 2.45) is 0 Å². The van der Waals surface area contributed by atoms with Gasteiger partial charge in [-0.1, -0.05) is 12.1 Å². The maximum atomic E-state index is 5.96. The average Bonchev–Trinajstić information content (AvgIpc) is 2.84.